The molecule has 1 saturated heterocycles. The van der Waals surface area contributed by atoms with Crippen LogP contribution >= 0.6 is 11.6 Å². The number of amides is 1. The molecule has 1 aliphatic rings. The van der Waals surface area contributed by atoms with E-state index in [-0.39, 0.29) is 11.9 Å². The summed E-state index contributed by atoms with van der Waals surface area (Å²) in [6.45, 7) is 1.18. The van der Waals surface area contributed by atoms with Gasteiger partial charge in [0.15, 0.2) is 0 Å². The molecule has 2 heterocycles. The van der Waals surface area contributed by atoms with E-state index in [2.05, 4.69) is 10.2 Å². The van der Waals surface area contributed by atoms with Gasteiger partial charge in [0.1, 0.15) is 11.9 Å². The normalized spacial score (nSPS) is 19.3. The van der Waals surface area contributed by atoms with Gasteiger partial charge in [-0.2, -0.15) is 0 Å². The number of nitrogens with zero attached hydrogens (tertiary/aromatic N) is 1. The maximum Gasteiger partial charge on any atom is 0.238 e. The molecule has 2 N–H and O–H groups in total. The molecule has 1 amide bonds. The Labute approximate surface area is 146 Å². The minimum Gasteiger partial charge on any atom is -0.467 e. The van der Waals surface area contributed by atoms with Crippen LogP contribution in [0.4, 0.5) is 5.69 Å². The van der Waals surface area contributed by atoms with E-state index in [0.717, 1.165) is 25.1 Å². The van der Waals surface area contributed by atoms with Crippen molar-refractivity contribution in [1.29, 1.82) is 0 Å². The van der Waals surface area contributed by atoms with Crippen LogP contribution in [0.25, 0.3) is 0 Å². The monoisotopic (exact) mass is 348 g/mol. The average molecular weight is 349 g/mol. The molecule has 0 spiro atoms. The summed E-state index contributed by atoms with van der Waals surface area (Å²) in [7, 11) is 0. The van der Waals surface area contributed by atoms with Crippen molar-refractivity contribution in [3.05, 3.63) is 53.4 Å². The van der Waals surface area contributed by atoms with Crippen molar-refractivity contribution in [3.63, 3.8) is 0 Å². The van der Waals surface area contributed by atoms with Crippen LogP contribution in [0.15, 0.2) is 47.1 Å². The van der Waals surface area contributed by atoms with Crippen molar-refractivity contribution in [3.8, 4) is 0 Å². The fourth-order valence-corrected chi connectivity index (χ4v) is 3.27. The molecule has 1 aliphatic heterocycles. The number of aliphatic hydroxyl groups excluding tert-OH is 1. The van der Waals surface area contributed by atoms with Gasteiger partial charge in [-0.05, 0) is 62.2 Å². The summed E-state index contributed by atoms with van der Waals surface area (Å²) < 4.78 is 5.25. The molecule has 2 atom stereocenters. The number of anilines is 1. The van der Waals surface area contributed by atoms with Gasteiger partial charge in [0.05, 0.1) is 12.8 Å². The molecule has 2 unspecified atom stereocenters. The van der Waals surface area contributed by atoms with E-state index in [1.54, 1.807) is 42.7 Å². The lowest BCUT2D eigenvalue weighted by Crippen LogP contribution is -2.37. The highest BCUT2D eigenvalue weighted by molar-refractivity contribution is 6.30. The number of carbonyl (C=O) groups excluding carboxylic acids is 1. The highest BCUT2D eigenvalue weighted by Gasteiger charge is 2.29. The van der Waals surface area contributed by atoms with E-state index in [1.165, 1.54) is 0 Å². The van der Waals surface area contributed by atoms with Gasteiger partial charge in [0.25, 0.3) is 0 Å². The van der Waals surface area contributed by atoms with E-state index < -0.39 is 6.10 Å². The Balaban J connectivity index is 1.53. The van der Waals surface area contributed by atoms with Crippen LogP contribution in [0, 0.1) is 0 Å². The third-order valence-corrected chi connectivity index (χ3v) is 4.59. The molecule has 0 radical (unpaired) electrons. The number of likely N-dealkylation sites (tertiary alicyclic amines) is 1. The summed E-state index contributed by atoms with van der Waals surface area (Å²) in [6, 6.07) is 10.8. The minimum absolute atomic E-state index is 0.0586. The van der Waals surface area contributed by atoms with E-state index in [4.69, 9.17) is 16.0 Å². The number of hydrogen-bond donors (Lipinski definition) is 2. The summed E-state index contributed by atoms with van der Waals surface area (Å²) in [6.07, 6.45) is 3.51. The van der Waals surface area contributed by atoms with Crippen LogP contribution in [0.5, 0.6) is 0 Å². The Morgan fingerprint density at radius 3 is 2.88 bits per heavy atom. The zero-order valence-electron chi connectivity index (χ0n) is 13.3. The molecular weight excluding hydrogens is 328 g/mol. The van der Waals surface area contributed by atoms with E-state index in [1.807, 2.05) is 0 Å². The SMILES string of the molecule is O=C(CN1CCCC1CC(O)c1ccco1)Nc1ccc(Cl)cc1. The maximum absolute atomic E-state index is 12.2. The second-order valence-corrected chi connectivity index (χ2v) is 6.52. The number of hydrogen-bond acceptors (Lipinski definition) is 4. The largest absolute Gasteiger partial charge is 0.467 e. The summed E-state index contributed by atoms with van der Waals surface area (Å²) in [4.78, 5) is 14.4. The Morgan fingerprint density at radius 1 is 1.38 bits per heavy atom. The van der Waals surface area contributed by atoms with Gasteiger partial charge in [-0.25, -0.2) is 0 Å². The molecular formula is C18H21ClN2O3. The Hall–Kier alpha value is -1.82. The number of carbonyl (C=O) groups is 1. The highest BCUT2D eigenvalue weighted by atomic mass is 35.5. The molecule has 24 heavy (non-hydrogen) atoms. The molecule has 0 saturated carbocycles. The van der Waals surface area contributed by atoms with Crippen LogP contribution in [0.3, 0.4) is 0 Å². The van der Waals surface area contributed by atoms with E-state index in [0.29, 0.717) is 23.7 Å². The van der Waals surface area contributed by atoms with Crippen molar-refractivity contribution in [2.24, 2.45) is 0 Å². The molecule has 1 fully saturated rings. The predicted molar refractivity (Wildman–Crippen MR) is 93.0 cm³/mol. The second kappa shape index (κ2) is 7.83. The summed E-state index contributed by atoms with van der Waals surface area (Å²) >= 11 is 5.84. The van der Waals surface area contributed by atoms with Crippen LogP contribution < -0.4 is 5.32 Å². The molecule has 6 heteroatoms. The van der Waals surface area contributed by atoms with E-state index >= 15 is 0 Å². The van der Waals surface area contributed by atoms with Crippen molar-refractivity contribution >= 4 is 23.2 Å². The van der Waals surface area contributed by atoms with Crippen LogP contribution in [-0.2, 0) is 4.79 Å². The number of furan rings is 1. The lowest BCUT2D eigenvalue weighted by molar-refractivity contribution is -0.117. The smallest absolute Gasteiger partial charge is 0.238 e. The van der Waals surface area contributed by atoms with Gasteiger partial charge < -0.3 is 14.8 Å². The average Bonchev–Trinajstić information content (AvgIpc) is 3.22. The number of halogens is 1. The Bertz CT molecular complexity index is 657. The quantitative estimate of drug-likeness (QED) is 0.839. The van der Waals surface area contributed by atoms with Crippen molar-refractivity contribution in [1.82, 2.24) is 4.90 Å². The van der Waals surface area contributed by atoms with Gasteiger partial charge in [0, 0.05) is 16.8 Å². The Morgan fingerprint density at radius 2 is 2.17 bits per heavy atom. The lowest BCUT2D eigenvalue weighted by Gasteiger charge is -2.25. The summed E-state index contributed by atoms with van der Waals surface area (Å²) in [5.74, 6) is 0.518. The number of aliphatic hydroxyl groups is 1. The predicted octanol–water partition coefficient (Wildman–Crippen LogP) is 3.46. The molecule has 1 aromatic carbocycles. The zero-order valence-corrected chi connectivity index (χ0v) is 14.1. The fraction of sp³-hybridized carbons (Fsp3) is 0.389. The maximum atomic E-state index is 12.2. The first-order valence-corrected chi connectivity index (χ1v) is 8.50. The standard InChI is InChI=1S/C18H21ClN2O3/c19-13-5-7-14(8-6-13)20-18(23)12-21-9-1-3-15(21)11-16(22)17-4-2-10-24-17/h2,4-8,10,15-16,22H,1,3,9,11-12H2,(H,20,23). The first-order chi connectivity index (χ1) is 11.6. The minimum atomic E-state index is -0.634. The number of nitrogens with one attached hydrogen (secondary N) is 1. The third-order valence-electron chi connectivity index (χ3n) is 4.34. The van der Waals surface area contributed by atoms with Gasteiger partial charge in [-0.15, -0.1) is 0 Å². The summed E-state index contributed by atoms with van der Waals surface area (Å²) in [5, 5.41) is 13.8. The highest BCUT2D eigenvalue weighted by Crippen LogP contribution is 2.27. The van der Waals surface area contributed by atoms with Gasteiger partial charge >= 0.3 is 0 Å². The Kier molecular flexibility index (Phi) is 5.56. The molecule has 5 nitrogen and oxygen atoms in total. The van der Waals surface area contributed by atoms with E-state index in [9.17, 15) is 9.90 Å². The van der Waals surface area contributed by atoms with Crippen LogP contribution in [-0.4, -0.2) is 35.0 Å². The van der Waals surface area contributed by atoms with Crippen LogP contribution in [0.2, 0.25) is 5.02 Å². The van der Waals surface area contributed by atoms with Gasteiger partial charge in [-0.1, -0.05) is 11.6 Å². The molecule has 128 valence electrons. The molecule has 0 bridgehead atoms. The van der Waals surface area contributed by atoms with Crippen LogP contribution in [0.1, 0.15) is 31.1 Å². The lowest BCUT2D eigenvalue weighted by atomic mass is 10.1. The molecule has 0 aliphatic carbocycles. The molecule has 2 aromatic rings. The third kappa shape index (κ3) is 4.38. The molecule has 3 rings (SSSR count). The van der Waals surface area contributed by atoms with Crippen molar-refractivity contribution in [2.75, 3.05) is 18.4 Å². The number of rotatable bonds is 6. The zero-order chi connectivity index (χ0) is 16.9. The van der Waals surface area contributed by atoms with Crippen molar-refractivity contribution < 1.29 is 14.3 Å². The molecule has 1 aromatic heterocycles. The first kappa shape index (κ1) is 17.0. The second-order valence-electron chi connectivity index (χ2n) is 6.09. The van der Waals surface area contributed by atoms with Gasteiger partial charge in [0.2, 0.25) is 5.91 Å². The number of benzene rings is 1. The van der Waals surface area contributed by atoms with Gasteiger partial charge in [-0.3, -0.25) is 9.69 Å². The first-order valence-electron chi connectivity index (χ1n) is 8.13. The topological polar surface area (TPSA) is 65.7 Å². The van der Waals surface area contributed by atoms with Crippen molar-refractivity contribution in [2.45, 2.75) is 31.4 Å². The fourth-order valence-electron chi connectivity index (χ4n) is 3.14. The summed E-state index contributed by atoms with van der Waals surface area (Å²) in [5.41, 5.74) is 0.732.